The van der Waals surface area contributed by atoms with Gasteiger partial charge in [-0.25, -0.2) is 0 Å². The van der Waals surface area contributed by atoms with Crippen LogP contribution < -0.4 is 5.32 Å². The lowest BCUT2D eigenvalue weighted by molar-refractivity contribution is -0.146. The van der Waals surface area contributed by atoms with Gasteiger partial charge >= 0.3 is 0 Å². The maximum atomic E-state index is 12.8. The van der Waals surface area contributed by atoms with Crippen molar-refractivity contribution >= 4 is 17.7 Å². The highest BCUT2D eigenvalue weighted by atomic mass is 16.5. The first-order valence-corrected chi connectivity index (χ1v) is 9.88. The first-order valence-electron chi connectivity index (χ1n) is 9.88. The number of likely N-dealkylation sites (tertiary alicyclic amines) is 1. The fourth-order valence-corrected chi connectivity index (χ4v) is 5.59. The third-order valence-corrected chi connectivity index (χ3v) is 6.83. The summed E-state index contributed by atoms with van der Waals surface area (Å²) in [6.45, 7) is 1.83. The number of hydrogen-bond donors (Lipinski definition) is 1. The molecule has 0 saturated carbocycles. The van der Waals surface area contributed by atoms with Gasteiger partial charge in [0.1, 0.15) is 6.54 Å². The van der Waals surface area contributed by atoms with Crippen LogP contribution in [0.5, 0.6) is 0 Å². The van der Waals surface area contributed by atoms with Gasteiger partial charge in [-0.2, -0.15) is 0 Å². The lowest BCUT2D eigenvalue weighted by Crippen LogP contribution is -2.50. The van der Waals surface area contributed by atoms with Gasteiger partial charge in [-0.1, -0.05) is 24.3 Å². The number of fused-ring (bicyclic) bond motifs is 6. The third-order valence-electron chi connectivity index (χ3n) is 6.83. The van der Waals surface area contributed by atoms with E-state index in [-0.39, 0.29) is 48.3 Å². The third kappa shape index (κ3) is 2.46. The van der Waals surface area contributed by atoms with Crippen LogP contribution >= 0.6 is 0 Å². The summed E-state index contributed by atoms with van der Waals surface area (Å²) in [4.78, 5) is 39.4. The quantitative estimate of drug-likeness (QED) is 0.821. The molecule has 0 radical (unpaired) electrons. The minimum Gasteiger partial charge on any atom is -0.373 e. The molecule has 1 aromatic rings. The standard InChI is InChI=1S/C21H24N2O4/c1-21(10-4-6-12-5-2-3-7-13(12)21)22-16(24)11-23-19(25)17-14-8-9-15(27-14)18(17)20(23)26/h2-3,5,7,14-15,17-18H,4,6,8-11H2,1H3,(H,22,24). The second-order valence-electron chi connectivity index (χ2n) is 8.50. The first kappa shape index (κ1) is 16.9. The molecule has 1 N–H and O–H groups in total. The molecule has 5 atom stereocenters. The van der Waals surface area contributed by atoms with E-state index in [1.807, 2.05) is 19.1 Å². The molecule has 27 heavy (non-hydrogen) atoms. The second kappa shape index (κ2) is 5.89. The number of aryl methyl sites for hydroxylation is 1. The van der Waals surface area contributed by atoms with E-state index in [1.165, 1.54) is 5.56 Å². The van der Waals surface area contributed by atoms with Gasteiger partial charge in [0.2, 0.25) is 17.7 Å². The van der Waals surface area contributed by atoms with E-state index in [0.717, 1.165) is 42.6 Å². The van der Waals surface area contributed by atoms with Crippen LogP contribution in [0.3, 0.4) is 0 Å². The zero-order valence-electron chi connectivity index (χ0n) is 15.4. The summed E-state index contributed by atoms with van der Waals surface area (Å²) in [6.07, 6.45) is 4.23. The summed E-state index contributed by atoms with van der Waals surface area (Å²) in [5, 5.41) is 3.11. The molecule has 6 nitrogen and oxygen atoms in total. The van der Waals surface area contributed by atoms with Crippen LogP contribution in [-0.4, -0.2) is 41.4 Å². The molecule has 3 fully saturated rings. The summed E-state index contributed by atoms with van der Waals surface area (Å²) >= 11 is 0. The Morgan fingerprint density at radius 3 is 2.56 bits per heavy atom. The monoisotopic (exact) mass is 368 g/mol. The van der Waals surface area contributed by atoms with Crippen LogP contribution in [0.2, 0.25) is 0 Å². The molecule has 0 spiro atoms. The molecule has 5 unspecified atom stereocenters. The Kier molecular flexibility index (Phi) is 3.69. The van der Waals surface area contributed by atoms with Crippen LogP contribution in [0, 0.1) is 11.8 Å². The van der Waals surface area contributed by atoms with Crippen LogP contribution in [0.1, 0.15) is 43.7 Å². The first-order chi connectivity index (χ1) is 13.0. The van der Waals surface area contributed by atoms with Gasteiger partial charge in [0.25, 0.3) is 0 Å². The smallest absolute Gasteiger partial charge is 0.240 e. The fraction of sp³-hybridized carbons (Fsp3) is 0.571. The van der Waals surface area contributed by atoms with E-state index in [9.17, 15) is 14.4 Å². The lowest BCUT2D eigenvalue weighted by Gasteiger charge is -2.37. The number of nitrogens with zero attached hydrogens (tertiary/aromatic N) is 1. The van der Waals surface area contributed by atoms with Gasteiger partial charge < -0.3 is 10.1 Å². The Morgan fingerprint density at radius 2 is 1.85 bits per heavy atom. The Labute approximate surface area is 158 Å². The Hall–Kier alpha value is -2.21. The maximum Gasteiger partial charge on any atom is 0.240 e. The molecule has 3 heterocycles. The number of imide groups is 1. The SMILES string of the molecule is CC1(NC(=O)CN2C(=O)C3C4CCC(O4)C3C2=O)CCCc2ccccc21. The maximum absolute atomic E-state index is 12.8. The van der Waals surface area contributed by atoms with E-state index in [2.05, 4.69) is 17.4 Å². The number of benzene rings is 1. The molecule has 1 aromatic carbocycles. The van der Waals surface area contributed by atoms with Crippen molar-refractivity contribution in [3.8, 4) is 0 Å². The highest BCUT2D eigenvalue weighted by Gasteiger charge is 2.62. The van der Waals surface area contributed by atoms with E-state index in [1.54, 1.807) is 0 Å². The Morgan fingerprint density at radius 1 is 1.19 bits per heavy atom. The number of nitrogens with one attached hydrogen (secondary N) is 1. The summed E-state index contributed by atoms with van der Waals surface area (Å²) in [5.41, 5.74) is 1.92. The van der Waals surface area contributed by atoms with E-state index in [0.29, 0.717) is 0 Å². The van der Waals surface area contributed by atoms with Crippen molar-refractivity contribution in [1.82, 2.24) is 10.2 Å². The summed E-state index contributed by atoms with van der Waals surface area (Å²) in [5.74, 6) is -1.50. The average molecular weight is 368 g/mol. The van der Waals surface area contributed by atoms with Gasteiger partial charge in [0, 0.05) is 0 Å². The zero-order valence-corrected chi connectivity index (χ0v) is 15.4. The van der Waals surface area contributed by atoms with Crippen LogP contribution in [-0.2, 0) is 31.1 Å². The van der Waals surface area contributed by atoms with E-state index >= 15 is 0 Å². The molecular weight excluding hydrogens is 344 g/mol. The predicted molar refractivity (Wildman–Crippen MR) is 96.5 cm³/mol. The van der Waals surface area contributed by atoms with Crippen LogP contribution in [0.25, 0.3) is 0 Å². The van der Waals surface area contributed by atoms with E-state index < -0.39 is 5.54 Å². The minimum atomic E-state index is -0.463. The molecule has 4 aliphatic rings. The van der Waals surface area contributed by atoms with Crippen molar-refractivity contribution in [3.05, 3.63) is 35.4 Å². The number of amides is 3. The second-order valence-corrected chi connectivity index (χ2v) is 8.50. The average Bonchev–Trinajstić information content (AvgIpc) is 3.32. The van der Waals surface area contributed by atoms with Crippen LogP contribution in [0.15, 0.2) is 24.3 Å². The van der Waals surface area contributed by atoms with Crippen molar-refractivity contribution in [2.75, 3.05) is 6.54 Å². The van der Waals surface area contributed by atoms with Gasteiger partial charge in [0.05, 0.1) is 29.6 Å². The minimum absolute atomic E-state index is 0.146. The predicted octanol–water partition coefficient (Wildman–Crippen LogP) is 1.52. The van der Waals surface area contributed by atoms with Crippen LogP contribution in [0.4, 0.5) is 0 Å². The molecule has 142 valence electrons. The molecular formula is C21H24N2O4. The van der Waals surface area contributed by atoms with Crippen molar-refractivity contribution in [3.63, 3.8) is 0 Å². The summed E-state index contributed by atoms with van der Waals surface area (Å²) in [6, 6.07) is 8.16. The summed E-state index contributed by atoms with van der Waals surface area (Å²) in [7, 11) is 0. The van der Waals surface area contributed by atoms with E-state index in [4.69, 9.17) is 4.74 Å². The number of carbonyl (C=O) groups excluding carboxylic acids is 3. The highest BCUT2D eigenvalue weighted by molar-refractivity contribution is 6.08. The lowest BCUT2D eigenvalue weighted by atomic mass is 9.78. The number of ether oxygens (including phenoxy) is 1. The highest BCUT2D eigenvalue weighted by Crippen LogP contribution is 2.48. The fourth-order valence-electron chi connectivity index (χ4n) is 5.59. The Bertz CT molecular complexity index is 809. The van der Waals surface area contributed by atoms with Gasteiger partial charge in [0.15, 0.2) is 0 Å². The molecule has 3 saturated heterocycles. The number of rotatable bonds is 3. The largest absolute Gasteiger partial charge is 0.373 e. The summed E-state index contributed by atoms with van der Waals surface area (Å²) < 4.78 is 5.74. The van der Waals surface area contributed by atoms with Gasteiger partial charge in [-0.3, -0.25) is 19.3 Å². The van der Waals surface area contributed by atoms with Crippen molar-refractivity contribution < 1.29 is 19.1 Å². The normalized spacial score (nSPS) is 36.7. The molecule has 0 aromatic heterocycles. The number of carbonyl (C=O) groups is 3. The molecule has 1 aliphatic carbocycles. The molecule has 3 aliphatic heterocycles. The molecule has 2 bridgehead atoms. The Balaban J connectivity index is 1.32. The van der Waals surface area contributed by atoms with Gasteiger partial charge in [-0.15, -0.1) is 0 Å². The topological polar surface area (TPSA) is 75.7 Å². The van der Waals surface area contributed by atoms with Crippen molar-refractivity contribution in [2.24, 2.45) is 11.8 Å². The van der Waals surface area contributed by atoms with Crippen molar-refractivity contribution in [1.29, 1.82) is 0 Å². The number of hydrogen-bond acceptors (Lipinski definition) is 4. The molecule has 5 rings (SSSR count). The molecule has 3 amide bonds. The van der Waals surface area contributed by atoms with Gasteiger partial charge in [-0.05, 0) is 50.2 Å². The zero-order chi connectivity index (χ0) is 18.8. The molecule has 6 heteroatoms. The van der Waals surface area contributed by atoms with Crippen molar-refractivity contribution in [2.45, 2.75) is 56.8 Å².